The molecule has 0 bridgehead atoms. The average Bonchev–Trinajstić information content (AvgIpc) is 2.35. The van der Waals surface area contributed by atoms with E-state index in [-0.39, 0.29) is 0 Å². The van der Waals surface area contributed by atoms with Gasteiger partial charge in [0.1, 0.15) is 11.3 Å². The van der Waals surface area contributed by atoms with Crippen LogP contribution in [-0.2, 0) is 14.3 Å². The number of carbonyl (C=O) groups excluding carboxylic acids is 2. The Morgan fingerprint density at radius 3 is 2.45 bits per heavy atom. The summed E-state index contributed by atoms with van der Waals surface area (Å²) in [5, 5.41) is 0. The minimum atomic E-state index is -1.25. The summed E-state index contributed by atoms with van der Waals surface area (Å²) >= 11 is 0. The number of nitrogens with zero attached hydrogens (tertiary/aromatic N) is 1. The molecule has 0 atom stereocenters. The number of rotatable bonds is 4. The topological polar surface area (TPSA) is 55.8 Å². The number of allylic oxidation sites excluding steroid dienone is 1. The van der Waals surface area contributed by atoms with Crippen LogP contribution in [0.25, 0.3) is 0 Å². The van der Waals surface area contributed by atoms with Gasteiger partial charge in [0.15, 0.2) is 0 Å². The molecule has 0 aliphatic carbocycles. The molecule has 0 aromatic heterocycles. The second kappa shape index (κ2) is 7.31. The molecule has 1 amide bonds. The Bertz CT molecular complexity index is 446. The molecule has 1 rings (SSSR count). The molecule has 5 nitrogen and oxygen atoms in total. The van der Waals surface area contributed by atoms with Crippen molar-refractivity contribution in [3.8, 4) is 0 Å². The summed E-state index contributed by atoms with van der Waals surface area (Å²) in [7, 11) is -1.25. The van der Waals surface area contributed by atoms with E-state index in [0.29, 0.717) is 18.8 Å². The van der Waals surface area contributed by atoms with E-state index in [9.17, 15) is 9.59 Å². The lowest BCUT2D eigenvalue weighted by Crippen LogP contribution is -2.40. The van der Waals surface area contributed by atoms with Crippen LogP contribution in [0, 0.1) is 0 Å². The fraction of sp³-hybridized carbons (Fsp3) is 0.750. The fourth-order valence-corrected chi connectivity index (χ4v) is 2.66. The molecule has 6 heteroatoms. The van der Waals surface area contributed by atoms with E-state index in [0.717, 1.165) is 18.9 Å². The summed E-state index contributed by atoms with van der Waals surface area (Å²) in [5.74, 6) is -0.427. The summed E-state index contributed by atoms with van der Waals surface area (Å²) in [5.41, 5.74) is -0.266. The second-order valence-corrected chi connectivity index (χ2v) is 13.4. The quantitative estimate of drug-likeness (QED) is 0.582. The summed E-state index contributed by atoms with van der Waals surface area (Å²) in [6.45, 7) is 13.0. The molecule has 1 aliphatic heterocycles. The van der Waals surface area contributed by atoms with Gasteiger partial charge in [-0.25, -0.2) is 9.59 Å². The van der Waals surface area contributed by atoms with Crippen molar-refractivity contribution in [1.82, 2.24) is 4.90 Å². The molecule has 0 radical (unpaired) electrons. The zero-order valence-corrected chi connectivity index (χ0v) is 15.7. The monoisotopic (exact) mass is 327 g/mol. The van der Waals surface area contributed by atoms with E-state index < -0.39 is 25.7 Å². The van der Waals surface area contributed by atoms with Crippen LogP contribution in [0.5, 0.6) is 0 Å². The third-order valence-corrected chi connectivity index (χ3v) is 4.83. The van der Waals surface area contributed by atoms with Gasteiger partial charge in [0, 0.05) is 14.6 Å². The van der Waals surface area contributed by atoms with E-state index in [4.69, 9.17) is 9.47 Å². The van der Waals surface area contributed by atoms with Gasteiger partial charge in [-0.2, -0.15) is 0 Å². The van der Waals surface area contributed by atoms with Crippen molar-refractivity contribution in [2.45, 2.75) is 64.9 Å². The molecule has 126 valence electrons. The third kappa shape index (κ3) is 6.64. The smallest absolute Gasteiger partial charge is 0.415 e. The molecular weight excluding hydrogens is 298 g/mol. The van der Waals surface area contributed by atoms with Gasteiger partial charge in [0.2, 0.25) is 0 Å². The standard InChI is InChI=1S/C16H29NO4Si/c1-16(2,3)21-15(19)17-10-8-7-9-13(17)14(18)20-11-12-22(4,5)6/h9H,7-8,10-12H2,1-6H3. The Labute approximate surface area is 134 Å². The number of amides is 1. The Balaban J connectivity index is 2.67. The molecule has 0 fully saturated rings. The molecule has 1 heterocycles. The Morgan fingerprint density at radius 1 is 1.27 bits per heavy atom. The number of hydrogen-bond acceptors (Lipinski definition) is 4. The average molecular weight is 327 g/mol. The van der Waals surface area contributed by atoms with Crippen molar-refractivity contribution in [2.24, 2.45) is 0 Å². The Morgan fingerprint density at radius 2 is 1.91 bits per heavy atom. The normalized spacial score (nSPS) is 16.1. The van der Waals surface area contributed by atoms with Crippen LogP contribution in [-0.4, -0.2) is 43.8 Å². The van der Waals surface area contributed by atoms with Gasteiger partial charge >= 0.3 is 12.1 Å². The van der Waals surface area contributed by atoms with E-state index in [1.165, 1.54) is 4.90 Å². The number of ether oxygens (including phenoxy) is 2. The minimum Gasteiger partial charge on any atom is -0.461 e. The van der Waals surface area contributed by atoms with Gasteiger partial charge in [0.25, 0.3) is 0 Å². The first kappa shape index (κ1) is 18.7. The molecule has 0 spiro atoms. The second-order valence-electron chi connectivity index (χ2n) is 7.81. The lowest BCUT2D eigenvalue weighted by atomic mass is 10.1. The molecule has 0 saturated carbocycles. The van der Waals surface area contributed by atoms with Crippen molar-refractivity contribution in [2.75, 3.05) is 13.2 Å². The van der Waals surface area contributed by atoms with Crippen molar-refractivity contribution in [3.05, 3.63) is 11.8 Å². The van der Waals surface area contributed by atoms with Gasteiger partial charge in [-0.3, -0.25) is 4.90 Å². The summed E-state index contributed by atoms with van der Waals surface area (Å²) in [6.07, 6.45) is 2.88. The highest BCUT2D eigenvalue weighted by molar-refractivity contribution is 6.76. The van der Waals surface area contributed by atoms with Crippen molar-refractivity contribution in [3.63, 3.8) is 0 Å². The maximum absolute atomic E-state index is 12.2. The molecule has 1 aliphatic rings. The minimum absolute atomic E-state index is 0.316. The van der Waals surface area contributed by atoms with Crippen LogP contribution >= 0.6 is 0 Å². The first-order chi connectivity index (χ1) is 9.99. The zero-order valence-electron chi connectivity index (χ0n) is 14.7. The molecule has 0 saturated heterocycles. The molecular formula is C16H29NO4Si. The molecule has 22 heavy (non-hydrogen) atoms. The fourth-order valence-electron chi connectivity index (χ4n) is 1.94. The Hall–Kier alpha value is -1.30. The van der Waals surface area contributed by atoms with Crippen molar-refractivity contribution in [1.29, 1.82) is 0 Å². The van der Waals surface area contributed by atoms with Crippen LogP contribution in [0.2, 0.25) is 25.7 Å². The first-order valence-corrected chi connectivity index (χ1v) is 11.6. The SMILES string of the molecule is CC(C)(C)OC(=O)N1CCCC=C1C(=O)OCC[Si](C)(C)C. The molecule has 0 aromatic carbocycles. The van der Waals surface area contributed by atoms with Gasteiger partial charge in [-0.05, 0) is 39.7 Å². The maximum Gasteiger partial charge on any atom is 0.415 e. The van der Waals surface area contributed by atoms with E-state index >= 15 is 0 Å². The van der Waals surface area contributed by atoms with Crippen LogP contribution in [0.1, 0.15) is 33.6 Å². The zero-order chi connectivity index (χ0) is 17.0. The van der Waals surface area contributed by atoms with E-state index in [1.807, 2.05) is 20.8 Å². The van der Waals surface area contributed by atoms with Crippen LogP contribution in [0.4, 0.5) is 4.79 Å². The summed E-state index contributed by atoms with van der Waals surface area (Å²) in [4.78, 5) is 25.9. The van der Waals surface area contributed by atoms with Crippen LogP contribution < -0.4 is 0 Å². The number of carbonyl (C=O) groups is 2. The van der Waals surface area contributed by atoms with Gasteiger partial charge in [-0.15, -0.1) is 0 Å². The molecule has 0 unspecified atom stereocenters. The van der Waals surface area contributed by atoms with Crippen LogP contribution in [0.15, 0.2) is 11.8 Å². The molecule has 0 N–H and O–H groups in total. The van der Waals surface area contributed by atoms with Crippen molar-refractivity contribution < 1.29 is 19.1 Å². The van der Waals surface area contributed by atoms with Gasteiger partial charge in [0.05, 0.1) is 6.61 Å². The lowest BCUT2D eigenvalue weighted by Gasteiger charge is -2.30. The summed E-state index contributed by atoms with van der Waals surface area (Å²) < 4.78 is 10.7. The van der Waals surface area contributed by atoms with Gasteiger partial charge < -0.3 is 9.47 Å². The lowest BCUT2D eigenvalue weighted by molar-refractivity contribution is -0.140. The summed E-state index contributed by atoms with van der Waals surface area (Å²) in [6, 6.07) is 0.915. The highest BCUT2D eigenvalue weighted by Gasteiger charge is 2.30. The van der Waals surface area contributed by atoms with E-state index in [2.05, 4.69) is 19.6 Å². The van der Waals surface area contributed by atoms with Crippen LogP contribution in [0.3, 0.4) is 0 Å². The van der Waals surface area contributed by atoms with Gasteiger partial charge in [-0.1, -0.05) is 25.7 Å². The Kier molecular flexibility index (Phi) is 6.23. The van der Waals surface area contributed by atoms with Crippen molar-refractivity contribution >= 4 is 20.1 Å². The number of hydrogen-bond donors (Lipinski definition) is 0. The largest absolute Gasteiger partial charge is 0.461 e. The number of esters is 1. The maximum atomic E-state index is 12.2. The molecule has 0 aromatic rings. The first-order valence-electron chi connectivity index (χ1n) is 7.87. The van der Waals surface area contributed by atoms with E-state index in [1.54, 1.807) is 6.08 Å². The highest BCUT2D eigenvalue weighted by Crippen LogP contribution is 2.20. The predicted octanol–water partition coefficient (Wildman–Crippen LogP) is 3.78. The third-order valence-electron chi connectivity index (χ3n) is 3.12. The predicted molar refractivity (Wildman–Crippen MR) is 89.4 cm³/mol. The highest BCUT2D eigenvalue weighted by atomic mass is 28.3.